The number of carbonyl (C=O) groups excluding carboxylic acids is 3. The predicted molar refractivity (Wildman–Crippen MR) is 136 cm³/mol. The highest BCUT2D eigenvalue weighted by atomic mass is 32.2. The highest BCUT2D eigenvalue weighted by Crippen LogP contribution is 2.25. The normalized spacial score (nSPS) is 15.3. The molecule has 0 bridgehead atoms. The van der Waals surface area contributed by atoms with Crippen molar-refractivity contribution in [2.24, 2.45) is 0 Å². The minimum Gasteiger partial charge on any atom is -0.352 e. The predicted octanol–water partition coefficient (Wildman–Crippen LogP) is 3.61. The van der Waals surface area contributed by atoms with E-state index in [4.69, 9.17) is 0 Å². The summed E-state index contributed by atoms with van der Waals surface area (Å²) in [4.78, 5) is 40.1. The number of aryl methyl sites for hydroxylation is 2. The van der Waals surface area contributed by atoms with Crippen LogP contribution in [0.5, 0.6) is 0 Å². The molecule has 2 aromatic carbocycles. The van der Waals surface area contributed by atoms with Crippen molar-refractivity contribution < 1.29 is 23.0 Å². The van der Waals surface area contributed by atoms with E-state index in [9.17, 15) is 23.0 Å². The first-order valence-electron chi connectivity index (χ1n) is 11.7. The van der Waals surface area contributed by atoms with E-state index in [1.165, 1.54) is 29.2 Å². The Kier molecular flexibility index (Phi) is 9.14. The van der Waals surface area contributed by atoms with Crippen LogP contribution in [0.15, 0.2) is 42.5 Å². The third kappa shape index (κ3) is 7.45. The Morgan fingerprint density at radius 2 is 1.71 bits per heavy atom. The summed E-state index contributed by atoms with van der Waals surface area (Å²) in [6.07, 6.45) is 3.97. The maximum atomic E-state index is 13.4. The first-order chi connectivity index (χ1) is 16.6. The van der Waals surface area contributed by atoms with Crippen LogP contribution in [0, 0.1) is 19.7 Å². The number of nitrogens with zero attached hydrogens (tertiary/aromatic N) is 1. The number of nitrogens with one attached hydrogen (secondary N) is 2. The summed E-state index contributed by atoms with van der Waals surface area (Å²) in [5.41, 5.74) is 2.68. The molecule has 1 saturated carbocycles. The largest absolute Gasteiger partial charge is 0.352 e. The summed E-state index contributed by atoms with van der Waals surface area (Å²) in [5.74, 6) is -2.55. The summed E-state index contributed by atoms with van der Waals surface area (Å²) in [5, 5.41) is 5.58. The van der Waals surface area contributed by atoms with E-state index in [2.05, 4.69) is 10.6 Å². The molecule has 1 aliphatic rings. The van der Waals surface area contributed by atoms with Crippen molar-refractivity contribution in [3.8, 4) is 0 Å². The van der Waals surface area contributed by atoms with Gasteiger partial charge in [-0.3, -0.25) is 23.5 Å². The molecule has 0 heterocycles. The van der Waals surface area contributed by atoms with Crippen LogP contribution in [0.25, 0.3) is 0 Å². The fraction of sp³-hybridized carbons (Fsp3) is 0.423. The molecule has 7 nitrogen and oxygen atoms in total. The first-order valence-corrected chi connectivity index (χ1v) is 13.2. The van der Waals surface area contributed by atoms with E-state index in [0.717, 1.165) is 36.8 Å². The summed E-state index contributed by atoms with van der Waals surface area (Å²) in [6, 6.07) is 10.1. The minimum atomic E-state index is -1.81. The molecular weight excluding hydrogens is 469 g/mol. The Morgan fingerprint density at radius 3 is 2.37 bits per heavy atom. The third-order valence-electron chi connectivity index (χ3n) is 6.07. The Morgan fingerprint density at radius 1 is 1.06 bits per heavy atom. The van der Waals surface area contributed by atoms with Gasteiger partial charge in [-0.15, -0.1) is 0 Å². The monoisotopic (exact) mass is 501 g/mol. The molecule has 1 aliphatic carbocycles. The van der Waals surface area contributed by atoms with E-state index in [1.807, 2.05) is 32.0 Å². The van der Waals surface area contributed by atoms with Gasteiger partial charge in [0.25, 0.3) is 0 Å². The first kappa shape index (κ1) is 26.5. The van der Waals surface area contributed by atoms with Gasteiger partial charge in [-0.1, -0.05) is 25.0 Å². The van der Waals surface area contributed by atoms with Gasteiger partial charge in [0.15, 0.2) is 0 Å². The molecule has 9 heteroatoms. The number of hydrogen-bond donors (Lipinski definition) is 2. The molecule has 2 N–H and O–H groups in total. The molecule has 188 valence electrons. The number of carbonyl (C=O) groups is 3. The lowest BCUT2D eigenvalue weighted by molar-refractivity contribution is -0.125. The van der Waals surface area contributed by atoms with Crippen LogP contribution >= 0.6 is 0 Å². The summed E-state index contributed by atoms with van der Waals surface area (Å²) >= 11 is 0. The van der Waals surface area contributed by atoms with Crippen LogP contribution in [0.4, 0.5) is 15.8 Å². The summed E-state index contributed by atoms with van der Waals surface area (Å²) < 4.78 is 25.8. The van der Waals surface area contributed by atoms with Crippen molar-refractivity contribution in [2.75, 3.05) is 21.7 Å². The number of anilines is 2. The summed E-state index contributed by atoms with van der Waals surface area (Å²) in [6.45, 7) is 5.41. The lowest BCUT2D eigenvalue weighted by Crippen LogP contribution is -2.51. The summed E-state index contributed by atoms with van der Waals surface area (Å²) in [7, 11) is -1.81. The number of halogens is 1. The highest BCUT2D eigenvalue weighted by Gasteiger charge is 2.31. The lowest BCUT2D eigenvalue weighted by Gasteiger charge is -2.31. The van der Waals surface area contributed by atoms with E-state index < -0.39 is 46.0 Å². The standard InChI is InChI=1S/C26H32FN3O4S/c1-17-8-9-18(2)23(14-17)30(19(3)26(33)29-21-6-4-5-7-21)25(32)16-35(34)15-24(31)28-22-12-10-20(27)11-13-22/h8-14,19,21H,4-7,15-16H2,1-3H3,(H,28,31)(H,29,33). The molecule has 2 aromatic rings. The van der Waals surface area contributed by atoms with Gasteiger partial charge >= 0.3 is 0 Å². The second kappa shape index (κ2) is 12.1. The van der Waals surface area contributed by atoms with Crippen LogP contribution in [0.2, 0.25) is 0 Å². The highest BCUT2D eigenvalue weighted by molar-refractivity contribution is 7.86. The molecule has 0 spiro atoms. The van der Waals surface area contributed by atoms with Gasteiger partial charge in [0.05, 0.1) is 0 Å². The lowest BCUT2D eigenvalue weighted by atomic mass is 10.1. The van der Waals surface area contributed by atoms with Crippen LogP contribution in [-0.4, -0.2) is 45.5 Å². The molecule has 0 saturated heterocycles. The molecule has 0 aromatic heterocycles. The molecule has 3 rings (SSSR count). The number of rotatable bonds is 9. The number of amides is 3. The fourth-order valence-corrected chi connectivity index (χ4v) is 5.06. The number of hydrogen-bond acceptors (Lipinski definition) is 4. The molecule has 3 amide bonds. The Bertz CT molecular complexity index is 1100. The van der Waals surface area contributed by atoms with Crippen LogP contribution in [0.3, 0.4) is 0 Å². The van der Waals surface area contributed by atoms with Gasteiger partial charge in [0.1, 0.15) is 23.4 Å². The van der Waals surface area contributed by atoms with E-state index in [-0.39, 0.29) is 11.9 Å². The zero-order valence-corrected chi connectivity index (χ0v) is 21.1. The number of benzene rings is 2. The topological polar surface area (TPSA) is 95.6 Å². The van der Waals surface area contributed by atoms with E-state index in [0.29, 0.717) is 11.4 Å². The third-order valence-corrected chi connectivity index (χ3v) is 7.22. The minimum absolute atomic E-state index is 0.102. The quantitative estimate of drug-likeness (QED) is 0.549. The average molecular weight is 502 g/mol. The van der Waals surface area contributed by atoms with Gasteiger partial charge in [-0.25, -0.2) is 4.39 Å². The zero-order valence-electron chi connectivity index (χ0n) is 20.3. The van der Waals surface area contributed by atoms with Gasteiger partial charge in [0, 0.05) is 28.2 Å². The van der Waals surface area contributed by atoms with Crippen molar-refractivity contribution in [1.29, 1.82) is 0 Å². The van der Waals surface area contributed by atoms with Gasteiger partial charge in [-0.2, -0.15) is 0 Å². The van der Waals surface area contributed by atoms with Crippen molar-refractivity contribution in [1.82, 2.24) is 5.32 Å². The van der Waals surface area contributed by atoms with Gasteiger partial charge in [-0.05, 0) is 75.1 Å². The molecular formula is C26H32FN3O4S. The van der Waals surface area contributed by atoms with Crippen LogP contribution < -0.4 is 15.5 Å². The van der Waals surface area contributed by atoms with Gasteiger partial charge < -0.3 is 10.6 Å². The van der Waals surface area contributed by atoms with Gasteiger partial charge in [0.2, 0.25) is 17.7 Å². The molecule has 0 aliphatic heterocycles. The Labute approximate surface area is 207 Å². The van der Waals surface area contributed by atoms with Crippen molar-refractivity contribution in [2.45, 2.75) is 58.5 Å². The molecule has 0 radical (unpaired) electrons. The van der Waals surface area contributed by atoms with Crippen molar-refractivity contribution >= 4 is 39.9 Å². The smallest absolute Gasteiger partial charge is 0.243 e. The van der Waals surface area contributed by atoms with Crippen molar-refractivity contribution in [3.05, 3.63) is 59.4 Å². The SMILES string of the molecule is Cc1ccc(C)c(N(C(=O)CS(=O)CC(=O)Nc2ccc(F)cc2)C(C)C(=O)NC2CCCC2)c1. The molecule has 1 fully saturated rings. The second-order valence-corrected chi connectivity index (χ2v) is 10.5. The van der Waals surface area contributed by atoms with E-state index >= 15 is 0 Å². The average Bonchev–Trinajstić information content (AvgIpc) is 3.30. The molecule has 35 heavy (non-hydrogen) atoms. The van der Waals surface area contributed by atoms with Crippen LogP contribution in [0.1, 0.15) is 43.7 Å². The van der Waals surface area contributed by atoms with Crippen LogP contribution in [-0.2, 0) is 25.2 Å². The van der Waals surface area contributed by atoms with Crippen molar-refractivity contribution in [3.63, 3.8) is 0 Å². The Balaban J connectivity index is 1.72. The van der Waals surface area contributed by atoms with E-state index in [1.54, 1.807) is 6.92 Å². The Hall–Kier alpha value is -3.07. The fourth-order valence-electron chi connectivity index (χ4n) is 4.18. The maximum Gasteiger partial charge on any atom is 0.243 e. The second-order valence-electron chi connectivity index (χ2n) is 9.00. The zero-order chi connectivity index (χ0) is 25.5. The maximum absolute atomic E-state index is 13.4. The molecule has 2 atom stereocenters. The molecule has 2 unspecified atom stereocenters.